The third-order valence-corrected chi connectivity index (χ3v) is 7.46. The Kier molecular flexibility index (Phi) is 10.4. The van der Waals surface area contributed by atoms with Gasteiger partial charge in [0, 0.05) is 23.1 Å². The molecule has 0 amide bonds. The maximum absolute atomic E-state index is 13.2. The van der Waals surface area contributed by atoms with Gasteiger partial charge in [0.15, 0.2) is 6.29 Å². The second kappa shape index (κ2) is 12.4. The van der Waals surface area contributed by atoms with Crippen LogP contribution in [0.4, 0.5) is 0 Å². The second-order valence-corrected chi connectivity index (χ2v) is 11.1. The Bertz CT molecular complexity index is 951. The van der Waals surface area contributed by atoms with E-state index in [0.29, 0.717) is 6.42 Å². The van der Waals surface area contributed by atoms with E-state index in [4.69, 9.17) is 9.47 Å². The molecular formula is C26H39NO7S. The molecule has 196 valence electrons. The molecule has 8 nitrogen and oxygen atoms in total. The van der Waals surface area contributed by atoms with E-state index in [9.17, 15) is 24.9 Å². The van der Waals surface area contributed by atoms with E-state index in [1.54, 1.807) is 13.8 Å². The molecule has 0 unspecified atom stereocenters. The maximum Gasteiger partial charge on any atom is 0.311 e. The van der Waals surface area contributed by atoms with Crippen LogP contribution in [0.5, 0.6) is 0 Å². The molecule has 1 aromatic rings. The Morgan fingerprint density at radius 2 is 1.83 bits per heavy atom. The molecule has 2 heterocycles. The molecule has 0 aromatic carbocycles. The van der Waals surface area contributed by atoms with Gasteiger partial charge in [-0.05, 0) is 51.3 Å². The molecule has 1 aliphatic rings. The first-order valence-electron chi connectivity index (χ1n) is 11.9. The minimum Gasteiger partial charge on any atom is -0.461 e. The lowest BCUT2D eigenvalue weighted by Gasteiger charge is -2.35. The number of aliphatic hydroxyl groups excluding tert-OH is 3. The first-order valence-corrected chi connectivity index (χ1v) is 12.8. The zero-order valence-electron chi connectivity index (χ0n) is 21.6. The van der Waals surface area contributed by atoms with Crippen molar-refractivity contribution in [3.63, 3.8) is 0 Å². The highest BCUT2D eigenvalue weighted by molar-refractivity contribution is 7.09. The van der Waals surface area contributed by atoms with Gasteiger partial charge in [-0.1, -0.05) is 26.8 Å². The van der Waals surface area contributed by atoms with Gasteiger partial charge in [0.1, 0.15) is 12.4 Å². The summed E-state index contributed by atoms with van der Waals surface area (Å²) < 4.78 is 11.3. The number of Topliss-reactive ketones (excluding diaryl/α,β-unsaturated/α-hetero) is 1. The summed E-state index contributed by atoms with van der Waals surface area (Å²) in [6, 6.07) is 0. The number of esters is 1. The van der Waals surface area contributed by atoms with Crippen molar-refractivity contribution in [2.45, 2.75) is 85.9 Å². The van der Waals surface area contributed by atoms with Gasteiger partial charge in [0.05, 0.1) is 34.9 Å². The van der Waals surface area contributed by atoms with Gasteiger partial charge in [0.2, 0.25) is 0 Å². The average Bonchev–Trinajstić information content (AvgIpc) is 3.21. The Morgan fingerprint density at radius 1 is 1.17 bits per heavy atom. The molecule has 0 saturated heterocycles. The summed E-state index contributed by atoms with van der Waals surface area (Å²) in [5.41, 5.74) is 1.10. The zero-order valence-corrected chi connectivity index (χ0v) is 22.5. The van der Waals surface area contributed by atoms with Crippen LogP contribution in [0.1, 0.15) is 65.1 Å². The first-order chi connectivity index (χ1) is 16.2. The molecule has 6 atom stereocenters. The highest BCUT2D eigenvalue weighted by Gasteiger charge is 2.43. The number of nitrogens with zero attached hydrogens (tertiary/aromatic N) is 1. The number of cyclic esters (lactones) is 1. The molecule has 0 bridgehead atoms. The van der Waals surface area contributed by atoms with Crippen molar-refractivity contribution < 1.29 is 34.4 Å². The highest BCUT2D eigenvalue weighted by Crippen LogP contribution is 2.32. The van der Waals surface area contributed by atoms with Gasteiger partial charge in [-0.25, -0.2) is 4.98 Å². The minimum atomic E-state index is -1.33. The molecule has 2 rings (SSSR count). The Morgan fingerprint density at radius 3 is 2.43 bits per heavy atom. The minimum absolute atomic E-state index is 0.0335. The SMILES string of the molecule is C/C1=C/C[C@@H](/C(C)=C/c2csc(C)n2)O[C@H](O)C[C@H](O)C(C)(C)C(=O)[C@H](C)[C@@H](O)[C@@H](C)C(=O)OC1. The van der Waals surface area contributed by atoms with Crippen LogP contribution in [0.15, 0.2) is 22.6 Å². The third-order valence-electron chi connectivity index (χ3n) is 6.67. The Labute approximate surface area is 211 Å². The van der Waals surface area contributed by atoms with Gasteiger partial charge in [-0.3, -0.25) is 9.59 Å². The fraction of sp³-hybridized carbons (Fsp3) is 0.654. The maximum atomic E-state index is 13.2. The summed E-state index contributed by atoms with van der Waals surface area (Å²) in [6.45, 7) is 11.8. The number of hydrogen-bond donors (Lipinski definition) is 3. The number of carbonyl (C=O) groups excluding carboxylic acids is 2. The standard InChI is InChI=1S/C26H39NO7S/c1-14-8-9-20(15(2)10-19-13-35-18(5)27-19)34-22(29)11-21(28)26(6,7)24(31)16(3)23(30)17(4)25(32)33-12-14/h8,10,13,16-17,20-23,28-30H,9,11-12H2,1-7H3/b14-8-,15-10+/t16-,17-,20+,21+,22+,23-/m1/s1. The van der Waals surface area contributed by atoms with Crippen molar-refractivity contribution >= 4 is 29.2 Å². The lowest BCUT2D eigenvalue weighted by molar-refractivity contribution is -0.162. The third kappa shape index (κ3) is 7.79. The molecule has 0 fully saturated rings. The van der Waals surface area contributed by atoms with E-state index >= 15 is 0 Å². The van der Waals surface area contributed by atoms with Crippen molar-refractivity contribution in [1.29, 1.82) is 0 Å². The van der Waals surface area contributed by atoms with Crippen molar-refractivity contribution in [2.24, 2.45) is 17.3 Å². The summed E-state index contributed by atoms with van der Waals surface area (Å²) in [5, 5.41) is 35.0. The summed E-state index contributed by atoms with van der Waals surface area (Å²) in [7, 11) is 0. The van der Waals surface area contributed by atoms with Crippen LogP contribution in [0, 0.1) is 24.2 Å². The quantitative estimate of drug-likeness (QED) is 0.409. The van der Waals surface area contributed by atoms with Crippen molar-refractivity contribution in [2.75, 3.05) is 6.61 Å². The van der Waals surface area contributed by atoms with Crippen LogP contribution in [-0.4, -0.2) is 63.3 Å². The van der Waals surface area contributed by atoms with Crippen molar-refractivity contribution in [1.82, 2.24) is 4.98 Å². The number of thiazole rings is 1. The molecule has 1 aliphatic heterocycles. The van der Waals surface area contributed by atoms with E-state index in [-0.39, 0.29) is 13.0 Å². The van der Waals surface area contributed by atoms with Crippen molar-refractivity contribution in [3.05, 3.63) is 33.3 Å². The van der Waals surface area contributed by atoms with E-state index < -0.39 is 53.6 Å². The lowest BCUT2D eigenvalue weighted by atomic mass is 9.73. The van der Waals surface area contributed by atoms with Gasteiger partial charge >= 0.3 is 5.97 Å². The largest absolute Gasteiger partial charge is 0.461 e. The smallest absolute Gasteiger partial charge is 0.311 e. The number of aromatic nitrogens is 1. The van der Waals surface area contributed by atoms with E-state index in [2.05, 4.69) is 4.98 Å². The van der Waals surface area contributed by atoms with Crippen LogP contribution < -0.4 is 0 Å². The lowest BCUT2D eigenvalue weighted by Crippen LogP contribution is -2.47. The monoisotopic (exact) mass is 509 g/mol. The van der Waals surface area contributed by atoms with Gasteiger partial charge in [-0.15, -0.1) is 11.3 Å². The van der Waals surface area contributed by atoms with Crippen LogP contribution in [-0.2, 0) is 19.1 Å². The molecule has 0 radical (unpaired) electrons. The van der Waals surface area contributed by atoms with Crippen LogP contribution in [0.3, 0.4) is 0 Å². The topological polar surface area (TPSA) is 126 Å². The predicted octanol–water partition coefficient (Wildman–Crippen LogP) is 3.43. The molecule has 1 aromatic heterocycles. The number of carbonyl (C=O) groups is 2. The Balaban J connectivity index is 2.37. The van der Waals surface area contributed by atoms with Crippen LogP contribution in [0.25, 0.3) is 6.08 Å². The number of hydrogen-bond acceptors (Lipinski definition) is 9. The second-order valence-electron chi connectivity index (χ2n) is 10.1. The number of ether oxygens (including phenoxy) is 2. The molecule has 0 aliphatic carbocycles. The van der Waals surface area contributed by atoms with E-state index in [0.717, 1.165) is 21.8 Å². The summed E-state index contributed by atoms with van der Waals surface area (Å²) in [4.78, 5) is 30.1. The van der Waals surface area contributed by atoms with Crippen molar-refractivity contribution in [3.8, 4) is 0 Å². The van der Waals surface area contributed by atoms with E-state index in [1.165, 1.54) is 25.2 Å². The zero-order chi connectivity index (χ0) is 26.5. The molecule has 3 N–H and O–H groups in total. The van der Waals surface area contributed by atoms with Gasteiger partial charge < -0.3 is 24.8 Å². The number of aliphatic hydroxyl groups is 3. The fourth-order valence-electron chi connectivity index (χ4n) is 4.01. The number of rotatable bonds is 2. The first kappa shape index (κ1) is 29.3. The molecule has 0 spiro atoms. The van der Waals surface area contributed by atoms with E-state index in [1.807, 2.05) is 38.3 Å². The number of ketones is 1. The van der Waals surface area contributed by atoms with Crippen LogP contribution in [0.2, 0.25) is 0 Å². The molecule has 9 heteroatoms. The molecule has 0 saturated carbocycles. The average molecular weight is 510 g/mol. The Hall–Kier alpha value is -1.91. The summed E-state index contributed by atoms with van der Waals surface area (Å²) in [6.07, 6.45) is -0.423. The summed E-state index contributed by atoms with van der Waals surface area (Å²) in [5.74, 6) is -2.87. The van der Waals surface area contributed by atoms with Gasteiger partial charge in [-0.2, -0.15) is 0 Å². The van der Waals surface area contributed by atoms with Gasteiger partial charge in [0.25, 0.3) is 0 Å². The fourth-order valence-corrected chi connectivity index (χ4v) is 4.58. The van der Waals surface area contributed by atoms with Crippen LogP contribution >= 0.6 is 11.3 Å². The summed E-state index contributed by atoms with van der Waals surface area (Å²) >= 11 is 1.53. The molecule has 35 heavy (non-hydrogen) atoms. The highest BCUT2D eigenvalue weighted by atomic mass is 32.1. The predicted molar refractivity (Wildman–Crippen MR) is 134 cm³/mol. The molecular weight excluding hydrogens is 470 g/mol. The normalized spacial score (nSPS) is 33.7. The number of aryl methyl sites for hydroxylation is 1.